The van der Waals surface area contributed by atoms with Gasteiger partial charge in [0.2, 0.25) is 0 Å². The Labute approximate surface area is 208 Å². The van der Waals surface area contributed by atoms with Crippen molar-refractivity contribution < 1.29 is 9.53 Å². The summed E-state index contributed by atoms with van der Waals surface area (Å²) in [7, 11) is 0. The average molecular weight is 470 g/mol. The van der Waals surface area contributed by atoms with Gasteiger partial charge in [0.15, 0.2) is 0 Å². The van der Waals surface area contributed by atoms with E-state index in [-0.39, 0.29) is 5.91 Å². The second-order valence-corrected chi connectivity index (χ2v) is 9.37. The summed E-state index contributed by atoms with van der Waals surface area (Å²) in [5, 5.41) is 3.07. The summed E-state index contributed by atoms with van der Waals surface area (Å²) in [6.07, 6.45) is 2.64. The predicted molar refractivity (Wildman–Crippen MR) is 142 cm³/mol. The van der Waals surface area contributed by atoms with Crippen LogP contribution < -0.4 is 10.1 Å². The minimum Gasteiger partial charge on any atom is -0.494 e. The lowest BCUT2D eigenvalue weighted by molar-refractivity contribution is 0.0953. The summed E-state index contributed by atoms with van der Waals surface area (Å²) >= 11 is 0. The summed E-state index contributed by atoms with van der Waals surface area (Å²) in [6, 6.07) is 20.5. The maximum absolute atomic E-state index is 12.7. The van der Waals surface area contributed by atoms with Crippen molar-refractivity contribution in [1.82, 2.24) is 14.9 Å². The highest BCUT2D eigenvalue weighted by Gasteiger charge is 2.12. The molecule has 1 heterocycles. The van der Waals surface area contributed by atoms with Crippen LogP contribution in [0.25, 0.3) is 11.0 Å². The lowest BCUT2D eigenvalue weighted by Gasteiger charge is -2.12. The van der Waals surface area contributed by atoms with Crippen molar-refractivity contribution in [2.45, 2.75) is 53.5 Å². The molecule has 0 aliphatic carbocycles. The Morgan fingerprint density at radius 1 is 0.914 bits per heavy atom. The normalized spacial score (nSPS) is 11.1. The molecule has 0 aliphatic rings. The number of amides is 1. The van der Waals surface area contributed by atoms with Gasteiger partial charge in [-0.05, 0) is 87.6 Å². The van der Waals surface area contributed by atoms with Gasteiger partial charge in [0, 0.05) is 25.1 Å². The summed E-state index contributed by atoms with van der Waals surface area (Å²) in [6.45, 7) is 10.3. The molecule has 0 radical (unpaired) electrons. The van der Waals surface area contributed by atoms with Gasteiger partial charge in [-0.2, -0.15) is 0 Å². The van der Waals surface area contributed by atoms with Gasteiger partial charge in [-0.25, -0.2) is 4.98 Å². The van der Waals surface area contributed by atoms with E-state index in [0.717, 1.165) is 58.7 Å². The van der Waals surface area contributed by atoms with E-state index in [1.165, 1.54) is 11.1 Å². The van der Waals surface area contributed by atoms with E-state index >= 15 is 0 Å². The van der Waals surface area contributed by atoms with E-state index in [9.17, 15) is 4.79 Å². The number of nitrogens with one attached hydrogen (secondary N) is 1. The summed E-state index contributed by atoms with van der Waals surface area (Å²) in [4.78, 5) is 17.5. The molecule has 35 heavy (non-hydrogen) atoms. The Bertz CT molecular complexity index is 1300. The minimum atomic E-state index is -0.0336. The first-order chi connectivity index (χ1) is 16.9. The molecule has 1 amide bonds. The number of para-hydroxylation sites is 2. The van der Waals surface area contributed by atoms with Gasteiger partial charge in [0.25, 0.3) is 5.91 Å². The Balaban J connectivity index is 1.34. The number of rotatable bonds is 10. The number of hydrogen-bond acceptors (Lipinski definition) is 3. The highest BCUT2D eigenvalue weighted by atomic mass is 16.5. The van der Waals surface area contributed by atoms with Crippen LogP contribution >= 0.6 is 0 Å². The maximum atomic E-state index is 12.7. The number of imidazole rings is 1. The minimum absolute atomic E-state index is 0.0336. The number of carbonyl (C=O) groups is 1. The van der Waals surface area contributed by atoms with Crippen LogP contribution in [0.4, 0.5) is 0 Å². The Hall–Kier alpha value is -3.60. The average Bonchev–Trinajstić information content (AvgIpc) is 3.15. The third-order valence-corrected chi connectivity index (χ3v) is 6.23. The molecule has 0 fully saturated rings. The summed E-state index contributed by atoms with van der Waals surface area (Å²) in [5.41, 5.74) is 7.46. The molecule has 3 aromatic carbocycles. The zero-order valence-corrected chi connectivity index (χ0v) is 21.2. The molecule has 182 valence electrons. The van der Waals surface area contributed by atoms with Crippen LogP contribution in [0.1, 0.15) is 51.3 Å². The van der Waals surface area contributed by atoms with Gasteiger partial charge >= 0.3 is 0 Å². The smallest absolute Gasteiger partial charge is 0.251 e. The second kappa shape index (κ2) is 11.2. The van der Waals surface area contributed by atoms with Crippen LogP contribution in [0.3, 0.4) is 0 Å². The van der Waals surface area contributed by atoms with Crippen LogP contribution in [0.2, 0.25) is 0 Å². The predicted octanol–water partition coefficient (Wildman–Crippen LogP) is 6.10. The molecule has 5 heteroatoms. The Kier molecular flexibility index (Phi) is 7.86. The van der Waals surface area contributed by atoms with Gasteiger partial charge in [0.05, 0.1) is 17.6 Å². The first-order valence-electron chi connectivity index (χ1n) is 12.4. The van der Waals surface area contributed by atoms with Crippen molar-refractivity contribution in [3.63, 3.8) is 0 Å². The number of ether oxygens (including phenoxy) is 1. The van der Waals surface area contributed by atoms with E-state index in [2.05, 4.69) is 54.1 Å². The van der Waals surface area contributed by atoms with E-state index in [1.807, 2.05) is 44.2 Å². The lowest BCUT2D eigenvalue weighted by atomic mass is 10.1. The van der Waals surface area contributed by atoms with Crippen LogP contribution in [0.5, 0.6) is 5.75 Å². The molecule has 1 aromatic heterocycles. The molecule has 0 atom stereocenters. The Morgan fingerprint density at radius 2 is 1.69 bits per heavy atom. The van der Waals surface area contributed by atoms with Gasteiger partial charge in [-0.15, -0.1) is 0 Å². The SMILES string of the molecule is Cc1cc(C)cc(OCCCCn2c(CCNC(=O)c3ccc(C)cc3C)nc3ccccc32)c1. The number of aromatic nitrogens is 2. The molecule has 0 bridgehead atoms. The van der Waals surface area contributed by atoms with Crippen molar-refractivity contribution in [2.75, 3.05) is 13.2 Å². The molecular weight excluding hydrogens is 434 g/mol. The zero-order chi connectivity index (χ0) is 24.8. The van der Waals surface area contributed by atoms with Crippen LogP contribution in [0.15, 0.2) is 60.7 Å². The largest absolute Gasteiger partial charge is 0.494 e. The quantitative estimate of drug-likeness (QED) is 0.286. The molecule has 5 nitrogen and oxygen atoms in total. The van der Waals surface area contributed by atoms with Gasteiger partial charge in [0.1, 0.15) is 11.6 Å². The molecule has 4 rings (SSSR count). The fraction of sp³-hybridized carbons (Fsp3) is 0.333. The second-order valence-electron chi connectivity index (χ2n) is 9.37. The van der Waals surface area contributed by atoms with Crippen molar-refractivity contribution in [3.05, 3.63) is 94.3 Å². The molecule has 0 unspecified atom stereocenters. The standard InChI is InChI=1S/C30H35N3O2/c1-21-11-12-26(24(4)18-21)30(34)31-14-13-29-32-27-9-5-6-10-28(27)33(29)15-7-8-16-35-25-19-22(2)17-23(3)20-25/h5-6,9-12,17-20H,7-8,13-16H2,1-4H3,(H,31,34). The van der Waals surface area contributed by atoms with Crippen LogP contribution in [-0.4, -0.2) is 28.6 Å². The van der Waals surface area contributed by atoms with Gasteiger partial charge in [-0.1, -0.05) is 35.9 Å². The van der Waals surface area contributed by atoms with E-state index in [4.69, 9.17) is 9.72 Å². The van der Waals surface area contributed by atoms with Gasteiger partial charge < -0.3 is 14.6 Å². The number of unbranched alkanes of at least 4 members (excludes halogenated alkanes) is 1. The first kappa shape index (κ1) is 24.5. The summed E-state index contributed by atoms with van der Waals surface area (Å²) < 4.78 is 8.27. The molecule has 1 N–H and O–H groups in total. The number of aryl methyl sites for hydroxylation is 5. The first-order valence-corrected chi connectivity index (χ1v) is 12.4. The number of hydrogen-bond donors (Lipinski definition) is 1. The molecular formula is C30H35N3O2. The molecule has 0 saturated heterocycles. The number of fused-ring (bicyclic) bond motifs is 1. The Morgan fingerprint density at radius 3 is 2.46 bits per heavy atom. The fourth-order valence-corrected chi connectivity index (χ4v) is 4.60. The molecule has 0 aliphatic heterocycles. The van der Waals surface area contributed by atoms with Crippen molar-refractivity contribution in [1.29, 1.82) is 0 Å². The zero-order valence-electron chi connectivity index (χ0n) is 21.2. The number of benzene rings is 3. The number of carbonyl (C=O) groups excluding carboxylic acids is 1. The van der Waals surface area contributed by atoms with E-state index in [0.29, 0.717) is 19.6 Å². The lowest BCUT2D eigenvalue weighted by Crippen LogP contribution is -2.27. The van der Waals surface area contributed by atoms with E-state index in [1.54, 1.807) is 0 Å². The highest BCUT2D eigenvalue weighted by Crippen LogP contribution is 2.19. The maximum Gasteiger partial charge on any atom is 0.251 e. The van der Waals surface area contributed by atoms with Crippen molar-refractivity contribution in [2.24, 2.45) is 0 Å². The van der Waals surface area contributed by atoms with E-state index < -0.39 is 0 Å². The molecule has 0 spiro atoms. The van der Waals surface area contributed by atoms with Crippen molar-refractivity contribution in [3.8, 4) is 5.75 Å². The van der Waals surface area contributed by atoms with Crippen LogP contribution in [-0.2, 0) is 13.0 Å². The highest BCUT2D eigenvalue weighted by molar-refractivity contribution is 5.95. The fourth-order valence-electron chi connectivity index (χ4n) is 4.60. The number of nitrogens with zero attached hydrogens (tertiary/aromatic N) is 2. The van der Waals surface area contributed by atoms with Crippen LogP contribution in [0, 0.1) is 27.7 Å². The molecule has 0 saturated carbocycles. The van der Waals surface area contributed by atoms with Crippen molar-refractivity contribution >= 4 is 16.9 Å². The molecule has 4 aromatic rings. The monoisotopic (exact) mass is 469 g/mol. The summed E-state index contributed by atoms with van der Waals surface area (Å²) in [5.74, 6) is 1.91. The van der Waals surface area contributed by atoms with Gasteiger partial charge in [-0.3, -0.25) is 4.79 Å². The topological polar surface area (TPSA) is 56.1 Å². The third-order valence-electron chi connectivity index (χ3n) is 6.23. The third kappa shape index (κ3) is 6.30.